The molecule has 13 heavy (non-hydrogen) atoms. The lowest BCUT2D eigenvalue weighted by Crippen LogP contribution is -1.85. The highest BCUT2D eigenvalue weighted by molar-refractivity contribution is 5.54. The van der Waals surface area contributed by atoms with E-state index in [-0.39, 0.29) is 0 Å². The number of ether oxygens (including phenoxy) is 2. The zero-order valence-corrected chi connectivity index (χ0v) is 8.20. The van der Waals surface area contributed by atoms with Gasteiger partial charge in [-0.15, -0.1) is 0 Å². The first-order valence-corrected chi connectivity index (χ1v) is 4.12. The molecule has 0 saturated carbocycles. The second kappa shape index (κ2) is 4.55. The van der Waals surface area contributed by atoms with Crippen LogP contribution in [0, 0.1) is 6.92 Å². The molecule has 0 fully saturated rings. The predicted molar refractivity (Wildman–Crippen MR) is 53.8 cm³/mol. The molecule has 0 atom stereocenters. The molecule has 0 aliphatic carbocycles. The van der Waals surface area contributed by atoms with Gasteiger partial charge in [0.05, 0.1) is 20.5 Å². The molecule has 0 heterocycles. The van der Waals surface area contributed by atoms with Crippen molar-refractivity contribution in [3.05, 3.63) is 35.6 Å². The summed E-state index contributed by atoms with van der Waals surface area (Å²) >= 11 is 0. The standard InChI is InChI=1S/C11H14O2/c1-9-8-11(13-3)5-4-10(9)6-7-12-2/h4-8H,1-3H3. The summed E-state index contributed by atoms with van der Waals surface area (Å²) in [5, 5.41) is 0. The maximum atomic E-state index is 5.10. The normalized spacial score (nSPS) is 10.4. The van der Waals surface area contributed by atoms with Crippen LogP contribution in [-0.4, -0.2) is 14.2 Å². The van der Waals surface area contributed by atoms with Crippen molar-refractivity contribution in [1.29, 1.82) is 0 Å². The van der Waals surface area contributed by atoms with Crippen molar-refractivity contribution in [2.24, 2.45) is 0 Å². The Balaban J connectivity index is 2.91. The largest absolute Gasteiger partial charge is 0.504 e. The number of aryl methyl sites for hydroxylation is 1. The van der Waals surface area contributed by atoms with Crippen LogP contribution in [0.15, 0.2) is 24.5 Å². The molecule has 0 aromatic heterocycles. The molecule has 0 spiro atoms. The SMILES string of the molecule is COC=Cc1ccc(OC)cc1C. The summed E-state index contributed by atoms with van der Waals surface area (Å²) in [5.74, 6) is 0.882. The van der Waals surface area contributed by atoms with Gasteiger partial charge in [-0.25, -0.2) is 0 Å². The van der Waals surface area contributed by atoms with Crippen LogP contribution in [0.3, 0.4) is 0 Å². The maximum absolute atomic E-state index is 5.10. The average molecular weight is 178 g/mol. The van der Waals surface area contributed by atoms with Crippen LogP contribution in [-0.2, 0) is 4.74 Å². The summed E-state index contributed by atoms with van der Waals surface area (Å²) in [5.41, 5.74) is 2.32. The van der Waals surface area contributed by atoms with Gasteiger partial charge in [0.1, 0.15) is 5.75 Å². The molecule has 2 nitrogen and oxygen atoms in total. The monoisotopic (exact) mass is 178 g/mol. The van der Waals surface area contributed by atoms with E-state index in [9.17, 15) is 0 Å². The third-order valence-electron chi connectivity index (χ3n) is 1.86. The summed E-state index contributed by atoms with van der Waals surface area (Å²) in [6.45, 7) is 2.04. The Kier molecular flexibility index (Phi) is 3.38. The molecule has 70 valence electrons. The third kappa shape index (κ3) is 2.51. The van der Waals surface area contributed by atoms with Gasteiger partial charge in [-0.05, 0) is 36.3 Å². The van der Waals surface area contributed by atoms with E-state index in [1.807, 2.05) is 31.2 Å². The molecular formula is C11H14O2. The first kappa shape index (κ1) is 9.65. The van der Waals surface area contributed by atoms with Crippen LogP contribution in [0.25, 0.3) is 6.08 Å². The molecule has 1 aromatic rings. The second-order valence-corrected chi connectivity index (χ2v) is 2.76. The van der Waals surface area contributed by atoms with Crippen molar-refractivity contribution in [3.8, 4) is 5.75 Å². The molecule has 0 radical (unpaired) electrons. The molecule has 0 saturated heterocycles. The smallest absolute Gasteiger partial charge is 0.119 e. The fraction of sp³-hybridized carbons (Fsp3) is 0.273. The summed E-state index contributed by atoms with van der Waals surface area (Å²) in [6.07, 6.45) is 3.59. The Labute approximate surface area is 78.8 Å². The van der Waals surface area contributed by atoms with Crippen molar-refractivity contribution >= 4 is 6.08 Å². The Morgan fingerprint density at radius 2 is 2.00 bits per heavy atom. The molecule has 0 amide bonds. The van der Waals surface area contributed by atoms with Gasteiger partial charge in [0.25, 0.3) is 0 Å². The predicted octanol–water partition coefficient (Wildman–Crippen LogP) is 2.62. The molecule has 0 aliphatic rings. The van der Waals surface area contributed by atoms with E-state index in [2.05, 4.69) is 0 Å². The summed E-state index contributed by atoms with van der Waals surface area (Å²) < 4.78 is 9.94. The average Bonchev–Trinajstić information content (AvgIpc) is 2.16. The molecule has 1 rings (SSSR count). The van der Waals surface area contributed by atoms with Gasteiger partial charge < -0.3 is 9.47 Å². The van der Waals surface area contributed by atoms with E-state index in [0.717, 1.165) is 11.3 Å². The minimum atomic E-state index is 0.882. The topological polar surface area (TPSA) is 18.5 Å². The van der Waals surface area contributed by atoms with Crippen LogP contribution < -0.4 is 4.74 Å². The number of benzene rings is 1. The Bertz CT molecular complexity index is 303. The number of hydrogen-bond acceptors (Lipinski definition) is 2. The van der Waals surface area contributed by atoms with E-state index in [1.54, 1.807) is 20.5 Å². The molecular weight excluding hydrogens is 164 g/mol. The molecule has 2 heteroatoms. The highest BCUT2D eigenvalue weighted by Gasteiger charge is 1.96. The molecule has 0 aliphatic heterocycles. The highest BCUT2D eigenvalue weighted by Crippen LogP contribution is 2.17. The maximum Gasteiger partial charge on any atom is 0.119 e. The Hall–Kier alpha value is -1.44. The van der Waals surface area contributed by atoms with Crippen LogP contribution in [0.2, 0.25) is 0 Å². The quantitative estimate of drug-likeness (QED) is 0.662. The van der Waals surface area contributed by atoms with Gasteiger partial charge in [0.15, 0.2) is 0 Å². The zero-order chi connectivity index (χ0) is 9.68. The van der Waals surface area contributed by atoms with Gasteiger partial charge in [0, 0.05) is 0 Å². The minimum absolute atomic E-state index is 0.882. The third-order valence-corrected chi connectivity index (χ3v) is 1.86. The first-order chi connectivity index (χ1) is 6.27. The van der Waals surface area contributed by atoms with Crippen LogP contribution >= 0.6 is 0 Å². The summed E-state index contributed by atoms with van der Waals surface area (Å²) in [7, 11) is 3.30. The number of hydrogen-bond donors (Lipinski definition) is 0. The Morgan fingerprint density at radius 3 is 2.54 bits per heavy atom. The molecule has 0 bridgehead atoms. The second-order valence-electron chi connectivity index (χ2n) is 2.76. The van der Waals surface area contributed by atoms with Crippen molar-refractivity contribution in [1.82, 2.24) is 0 Å². The van der Waals surface area contributed by atoms with Crippen molar-refractivity contribution in [2.75, 3.05) is 14.2 Å². The number of rotatable bonds is 3. The minimum Gasteiger partial charge on any atom is -0.504 e. The van der Waals surface area contributed by atoms with Crippen molar-refractivity contribution in [2.45, 2.75) is 6.92 Å². The highest BCUT2D eigenvalue weighted by atomic mass is 16.5. The fourth-order valence-electron chi connectivity index (χ4n) is 1.10. The first-order valence-electron chi connectivity index (χ1n) is 4.12. The molecule has 1 aromatic carbocycles. The van der Waals surface area contributed by atoms with E-state index in [4.69, 9.17) is 9.47 Å². The Morgan fingerprint density at radius 1 is 1.23 bits per heavy atom. The fourth-order valence-corrected chi connectivity index (χ4v) is 1.10. The molecule has 0 unspecified atom stereocenters. The van der Waals surface area contributed by atoms with E-state index in [0.29, 0.717) is 0 Å². The van der Waals surface area contributed by atoms with Gasteiger partial charge in [-0.3, -0.25) is 0 Å². The lowest BCUT2D eigenvalue weighted by Gasteiger charge is -2.03. The van der Waals surface area contributed by atoms with Gasteiger partial charge >= 0.3 is 0 Å². The van der Waals surface area contributed by atoms with Crippen LogP contribution in [0.5, 0.6) is 5.75 Å². The lowest BCUT2D eigenvalue weighted by molar-refractivity contribution is 0.341. The van der Waals surface area contributed by atoms with Gasteiger partial charge in [-0.1, -0.05) is 6.07 Å². The van der Waals surface area contributed by atoms with Crippen molar-refractivity contribution < 1.29 is 9.47 Å². The summed E-state index contributed by atoms with van der Waals surface area (Å²) in [4.78, 5) is 0. The number of methoxy groups -OCH3 is 2. The van der Waals surface area contributed by atoms with E-state index >= 15 is 0 Å². The van der Waals surface area contributed by atoms with Gasteiger partial charge in [0.2, 0.25) is 0 Å². The van der Waals surface area contributed by atoms with E-state index in [1.165, 1.54) is 5.56 Å². The van der Waals surface area contributed by atoms with Gasteiger partial charge in [-0.2, -0.15) is 0 Å². The molecule has 0 N–H and O–H groups in total. The zero-order valence-electron chi connectivity index (χ0n) is 8.20. The lowest BCUT2D eigenvalue weighted by atomic mass is 10.1. The summed E-state index contributed by atoms with van der Waals surface area (Å²) in [6, 6.07) is 5.93. The van der Waals surface area contributed by atoms with Crippen LogP contribution in [0.4, 0.5) is 0 Å². The van der Waals surface area contributed by atoms with E-state index < -0.39 is 0 Å². The van der Waals surface area contributed by atoms with Crippen LogP contribution in [0.1, 0.15) is 11.1 Å². The van der Waals surface area contributed by atoms with Crippen molar-refractivity contribution in [3.63, 3.8) is 0 Å².